The van der Waals surface area contributed by atoms with Crippen molar-refractivity contribution in [3.63, 3.8) is 0 Å². The standard InChI is InChI=1S/C22H22N4O/c1-16-9-11-23-21(13-16)25(2)22(27)18-7-8-20(24-14-18)26-12-10-17-5-3-4-6-19(17)15-26/h3-9,11,13-14H,10,12,15H2,1-2H3. The van der Waals surface area contributed by atoms with Gasteiger partial charge in [0.15, 0.2) is 0 Å². The van der Waals surface area contributed by atoms with Crippen LogP contribution in [0, 0.1) is 6.92 Å². The second-order valence-electron chi connectivity index (χ2n) is 6.90. The van der Waals surface area contributed by atoms with E-state index in [1.54, 1.807) is 24.3 Å². The van der Waals surface area contributed by atoms with Crippen LogP contribution in [0.25, 0.3) is 0 Å². The first-order valence-corrected chi connectivity index (χ1v) is 9.10. The molecule has 0 bridgehead atoms. The third-order valence-electron chi connectivity index (χ3n) is 5.00. The largest absolute Gasteiger partial charge is 0.352 e. The molecular formula is C22H22N4O. The van der Waals surface area contributed by atoms with E-state index in [1.165, 1.54) is 11.1 Å². The van der Waals surface area contributed by atoms with Crippen LogP contribution in [0.2, 0.25) is 0 Å². The summed E-state index contributed by atoms with van der Waals surface area (Å²) in [6.07, 6.45) is 4.38. The number of aryl methyl sites for hydroxylation is 1. The van der Waals surface area contributed by atoms with Crippen LogP contribution in [0.3, 0.4) is 0 Å². The molecule has 0 fully saturated rings. The third-order valence-corrected chi connectivity index (χ3v) is 5.00. The quantitative estimate of drug-likeness (QED) is 0.717. The molecule has 5 nitrogen and oxygen atoms in total. The molecular weight excluding hydrogens is 336 g/mol. The number of nitrogens with zero attached hydrogens (tertiary/aromatic N) is 4. The molecule has 0 radical (unpaired) electrons. The van der Waals surface area contributed by atoms with Gasteiger partial charge in [-0.15, -0.1) is 0 Å². The summed E-state index contributed by atoms with van der Waals surface area (Å²) < 4.78 is 0. The van der Waals surface area contributed by atoms with Gasteiger partial charge in [-0.3, -0.25) is 9.69 Å². The predicted molar refractivity (Wildman–Crippen MR) is 107 cm³/mol. The van der Waals surface area contributed by atoms with Gasteiger partial charge in [0.1, 0.15) is 11.6 Å². The highest BCUT2D eigenvalue weighted by molar-refractivity contribution is 6.05. The summed E-state index contributed by atoms with van der Waals surface area (Å²) in [5.41, 5.74) is 4.38. The molecule has 4 rings (SSSR count). The monoisotopic (exact) mass is 358 g/mol. The Morgan fingerprint density at radius 3 is 2.63 bits per heavy atom. The molecule has 0 spiro atoms. The molecule has 2 aromatic heterocycles. The van der Waals surface area contributed by atoms with Crippen LogP contribution in [0.5, 0.6) is 0 Å². The minimum atomic E-state index is -0.115. The normalized spacial score (nSPS) is 13.2. The Morgan fingerprint density at radius 1 is 1.07 bits per heavy atom. The van der Waals surface area contributed by atoms with Crippen LogP contribution in [0.1, 0.15) is 27.0 Å². The van der Waals surface area contributed by atoms with Crippen molar-refractivity contribution in [1.82, 2.24) is 9.97 Å². The number of benzene rings is 1. The number of hydrogen-bond acceptors (Lipinski definition) is 4. The third kappa shape index (κ3) is 3.53. The zero-order valence-corrected chi connectivity index (χ0v) is 15.6. The highest BCUT2D eigenvalue weighted by Gasteiger charge is 2.19. The lowest BCUT2D eigenvalue weighted by molar-refractivity contribution is 0.0992. The Kier molecular flexibility index (Phi) is 4.59. The Balaban J connectivity index is 1.50. The van der Waals surface area contributed by atoms with Gasteiger partial charge in [0.2, 0.25) is 0 Å². The lowest BCUT2D eigenvalue weighted by atomic mass is 10.00. The molecule has 0 saturated carbocycles. The number of carbonyl (C=O) groups excluding carboxylic acids is 1. The van der Waals surface area contributed by atoms with Crippen LogP contribution < -0.4 is 9.80 Å². The molecule has 1 amide bonds. The smallest absolute Gasteiger partial charge is 0.260 e. The number of rotatable bonds is 3. The second kappa shape index (κ2) is 7.19. The topological polar surface area (TPSA) is 49.3 Å². The van der Waals surface area contributed by atoms with E-state index in [0.717, 1.165) is 30.9 Å². The van der Waals surface area contributed by atoms with Crippen LogP contribution in [-0.2, 0) is 13.0 Å². The SMILES string of the molecule is Cc1ccnc(N(C)C(=O)c2ccc(N3CCc4ccccc4C3)nc2)c1. The van der Waals surface area contributed by atoms with E-state index in [0.29, 0.717) is 11.4 Å². The van der Waals surface area contributed by atoms with E-state index < -0.39 is 0 Å². The summed E-state index contributed by atoms with van der Waals surface area (Å²) in [7, 11) is 1.74. The Morgan fingerprint density at radius 2 is 1.89 bits per heavy atom. The highest BCUT2D eigenvalue weighted by atomic mass is 16.2. The van der Waals surface area contributed by atoms with Crippen molar-refractivity contribution in [2.45, 2.75) is 19.9 Å². The van der Waals surface area contributed by atoms with Gasteiger partial charge in [-0.05, 0) is 54.3 Å². The lowest BCUT2D eigenvalue weighted by Gasteiger charge is -2.29. The number of anilines is 2. The first-order chi connectivity index (χ1) is 13.1. The van der Waals surface area contributed by atoms with Gasteiger partial charge in [0.25, 0.3) is 5.91 Å². The van der Waals surface area contributed by atoms with Crippen LogP contribution in [-0.4, -0.2) is 29.5 Å². The van der Waals surface area contributed by atoms with E-state index in [-0.39, 0.29) is 5.91 Å². The van der Waals surface area contributed by atoms with Gasteiger partial charge in [-0.25, -0.2) is 9.97 Å². The fraction of sp³-hybridized carbons (Fsp3) is 0.227. The number of pyridine rings is 2. The number of carbonyl (C=O) groups is 1. The van der Waals surface area contributed by atoms with Crippen molar-refractivity contribution in [2.75, 3.05) is 23.4 Å². The molecule has 0 unspecified atom stereocenters. The summed E-state index contributed by atoms with van der Waals surface area (Å²) >= 11 is 0. The Bertz CT molecular complexity index is 968. The summed E-state index contributed by atoms with van der Waals surface area (Å²) in [5.74, 6) is 1.42. The molecule has 3 aromatic rings. The maximum atomic E-state index is 12.7. The molecule has 1 aliphatic rings. The van der Waals surface area contributed by atoms with E-state index in [4.69, 9.17) is 0 Å². The minimum absolute atomic E-state index is 0.115. The maximum absolute atomic E-state index is 12.7. The fourth-order valence-electron chi connectivity index (χ4n) is 3.39. The van der Waals surface area contributed by atoms with Gasteiger partial charge in [-0.2, -0.15) is 0 Å². The van der Waals surface area contributed by atoms with E-state index in [2.05, 4.69) is 39.1 Å². The zero-order valence-electron chi connectivity index (χ0n) is 15.6. The zero-order chi connectivity index (χ0) is 18.8. The minimum Gasteiger partial charge on any atom is -0.352 e. The summed E-state index contributed by atoms with van der Waals surface area (Å²) in [6.45, 7) is 3.77. The van der Waals surface area contributed by atoms with Gasteiger partial charge >= 0.3 is 0 Å². The van der Waals surface area contributed by atoms with Crippen LogP contribution in [0.4, 0.5) is 11.6 Å². The van der Waals surface area contributed by atoms with Gasteiger partial charge in [-0.1, -0.05) is 24.3 Å². The van der Waals surface area contributed by atoms with Crippen LogP contribution in [0.15, 0.2) is 60.9 Å². The molecule has 1 aliphatic heterocycles. The van der Waals surface area contributed by atoms with Crippen molar-refractivity contribution in [3.05, 3.63) is 83.2 Å². The lowest BCUT2D eigenvalue weighted by Crippen LogP contribution is -2.31. The second-order valence-corrected chi connectivity index (χ2v) is 6.90. The van der Waals surface area contributed by atoms with E-state index in [1.807, 2.05) is 31.2 Å². The molecule has 0 atom stereocenters. The van der Waals surface area contributed by atoms with Gasteiger partial charge < -0.3 is 4.90 Å². The van der Waals surface area contributed by atoms with Crippen LogP contribution >= 0.6 is 0 Å². The molecule has 1 aromatic carbocycles. The molecule has 0 aliphatic carbocycles. The number of hydrogen-bond donors (Lipinski definition) is 0. The van der Waals surface area contributed by atoms with Crippen molar-refractivity contribution >= 4 is 17.5 Å². The van der Waals surface area contributed by atoms with E-state index in [9.17, 15) is 4.79 Å². The number of aromatic nitrogens is 2. The summed E-state index contributed by atoms with van der Waals surface area (Å²) in [5, 5.41) is 0. The average Bonchev–Trinajstić information content (AvgIpc) is 2.72. The molecule has 0 N–H and O–H groups in total. The van der Waals surface area contributed by atoms with Gasteiger partial charge in [0.05, 0.1) is 5.56 Å². The van der Waals surface area contributed by atoms with Crippen molar-refractivity contribution in [1.29, 1.82) is 0 Å². The molecule has 27 heavy (non-hydrogen) atoms. The molecule has 0 saturated heterocycles. The number of amides is 1. The summed E-state index contributed by atoms with van der Waals surface area (Å²) in [4.78, 5) is 25.4. The highest BCUT2D eigenvalue weighted by Crippen LogP contribution is 2.23. The predicted octanol–water partition coefficient (Wildman–Crippen LogP) is 3.62. The van der Waals surface area contributed by atoms with Gasteiger partial charge in [0, 0.05) is 32.5 Å². The maximum Gasteiger partial charge on any atom is 0.260 e. The van der Waals surface area contributed by atoms with Crippen molar-refractivity contribution < 1.29 is 4.79 Å². The van der Waals surface area contributed by atoms with Crippen molar-refractivity contribution in [2.24, 2.45) is 0 Å². The van der Waals surface area contributed by atoms with E-state index >= 15 is 0 Å². The molecule has 5 heteroatoms. The fourth-order valence-corrected chi connectivity index (χ4v) is 3.39. The average molecular weight is 358 g/mol. The first-order valence-electron chi connectivity index (χ1n) is 9.10. The molecule has 3 heterocycles. The Labute approximate surface area is 159 Å². The Hall–Kier alpha value is -3.21. The number of fused-ring (bicyclic) bond motifs is 1. The molecule has 136 valence electrons. The summed E-state index contributed by atoms with van der Waals surface area (Å²) in [6, 6.07) is 16.1. The van der Waals surface area contributed by atoms with Crippen molar-refractivity contribution in [3.8, 4) is 0 Å². The first kappa shape index (κ1) is 17.2.